The van der Waals surface area contributed by atoms with Crippen molar-refractivity contribution < 1.29 is 22.8 Å². The number of piperidine rings is 1. The topological polar surface area (TPSA) is 49.4 Å². The second kappa shape index (κ2) is 8.63. The zero-order chi connectivity index (χ0) is 21.2. The van der Waals surface area contributed by atoms with Crippen molar-refractivity contribution in [3.63, 3.8) is 0 Å². The van der Waals surface area contributed by atoms with Crippen molar-refractivity contribution in [3.8, 4) is 0 Å². The van der Waals surface area contributed by atoms with E-state index in [2.05, 4.69) is 5.32 Å². The number of nitrogens with one attached hydrogen (secondary N) is 1. The van der Waals surface area contributed by atoms with Crippen LogP contribution in [0.3, 0.4) is 0 Å². The molecule has 1 fully saturated rings. The first-order valence-electron chi connectivity index (χ1n) is 8.87. The van der Waals surface area contributed by atoms with Crippen molar-refractivity contribution in [2.45, 2.75) is 19.0 Å². The number of hydrogen-bond donors (Lipinski definition) is 1. The van der Waals surface area contributed by atoms with Crippen LogP contribution in [0.1, 0.15) is 28.8 Å². The maximum absolute atomic E-state index is 13.0. The van der Waals surface area contributed by atoms with Crippen LogP contribution in [0.2, 0.25) is 10.0 Å². The Bertz CT molecular complexity index is 917. The Morgan fingerprint density at radius 3 is 2.41 bits per heavy atom. The highest BCUT2D eigenvalue weighted by Gasteiger charge is 2.34. The number of carbonyl (C=O) groups is 2. The summed E-state index contributed by atoms with van der Waals surface area (Å²) in [6.07, 6.45) is -3.47. The van der Waals surface area contributed by atoms with E-state index in [-0.39, 0.29) is 18.1 Å². The molecule has 1 N–H and O–H groups in total. The van der Waals surface area contributed by atoms with Crippen molar-refractivity contribution >= 4 is 40.7 Å². The molecule has 2 aromatic carbocycles. The summed E-state index contributed by atoms with van der Waals surface area (Å²) in [6.45, 7) is 0.692. The van der Waals surface area contributed by atoms with Crippen molar-refractivity contribution in [3.05, 3.63) is 63.6 Å². The van der Waals surface area contributed by atoms with Gasteiger partial charge in [-0.25, -0.2) is 0 Å². The van der Waals surface area contributed by atoms with Crippen LogP contribution in [0.15, 0.2) is 42.5 Å². The predicted molar refractivity (Wildman–Crippen MR) is 105 cm³/mol. The number of likely N-dealkylation sites (tertiary alicyclic amines) is 1. The van der Waals surface area contributed by atoms with Crippen LogP contribution in [0.4, 0.5) is 18.9 Å². The second-order valence-electron chi connectivity index (χ2n) is 6.78. The lowest BCUT2D eigenvalue weighted by molar-refractivity contribution is -0.137. The molecule has 29 heavy (non-hydrogen) atoms. The van der Waals surface area contributed by atoms with Crippen LogP contribution < -0.4 is 5.32 Å². The number of nitrogens with zero attached hydrogens (tertiary/aromatic N) is 1. The van der Waals surface area contributed by atoms with Gasteiger partial charge in [0.25, 0.3) is 5.91 Å². The highest BCUT2D eigenvalue weighted by molar-refractivity contribution is 6.31. The molecule has 9 heteroatoms. The minimum Gasteiger partial charge on any atom is -0.338 e. The van der Waals surface area contributed by atoms with Gasteiger partial charge in [-0.1, -0.05) is 23.2 Å². The average molecular weight is 445 g/mol. The first-order valence-corrected chi connectivity index (χ1v) is 9.63. The fraction of sp³-hybridized carbons (Fsp3) is 0.300. The summed E-state index contributed by atoms with van der Waals surface area (Å²) in [6, 6.07) is 9.66. The third-order valence-corrected chi connectivity index (χ3v) is 5.29. The molecule has 0 saturated carbocycles. The van der Waals surface area contributed by atoms with Crippen LogP contribution in [0.5, 0.6) is 0 Å². The molecule has 1 unspecified atom stereocenters. The van der Waals surface area contributed by atoms with Gasteiger partial charge in [0.05, 0.1) is 16.5 Å². The number of rotatable bonds is 3. The van der Waals surface area contributed by atoms with Crippen LogP contribution >= 0.6 is 23.2 Å². The Labute approximate surface area is 175 Å². The van der Waals surface area contributed by atoms with Crippen molar-refractivity contribution in [2.75, 3.05) is 18.4 Å². The number of hydrogen-bond acceptors (Lipinski definition) is 2. The van der Waals surface area contributed by atoms with E-state index in [0.717, 1.165) is 12.1 Å². The van der Waals surface area contributed by atoms with Gasteiger partial charge in [-0.3, -0.25) is 9.59 Å². The number of benzene rings is 2. The lowest BCUT2D eigenvalue weighted by Crippen LogP contribution is -2.43. The Morgan fingerprint density at radius 1 is 1.07 bits per heavy atom. The molecule has 0 bridgehead atoms. The van der Waals surface area contributed by atoms with Crippen LogP contribution in [0, 0.1) is 5.92 Å². The lowest BCUT2D eigenvalue weighted by Gasteiger charge is -2.32. The fourth-order valence-electron chi connectivity index (χ4n) is 3.22. The second-order valence-corrected chi connectivity index (χ2v) is 7.62. The van der Waals surface area contributed by atoms with Gasteiger partial charge in [-0.2, -0.15) is 13.2 Å². The number of anilines is 1. The molecule has 4 nitrogen and oxygen atoms in total. The molecule has 1 saturated heterocycles. The average Bonchev–Trinajstić information content (AvgIpc) is 2.68. The number of halogens is 5. The number of carbonyl (C=O) groups excluding carboxylic acids is 2. The zero-order valence-electron chi connectivity index (χ0n) is 15.1. The fourth-order valence-corrected chi connectivity index (χ4v) is 3.57. The van der Waals surface area contributed by atoms with Crippen molar-refractivity contribution in [1.29, 1.82) is 0 Å². The third kappa shape index (κ3) is 5.22. The standard InChI is InChI=1S/C20H17Cl2F3N2O2/c21-14-5-3-12(4-6-14)19(29)27-9-1-2-13(11-27)18(28)26-15-7-8-17(22)16(10-15)20(23,24)25/h3-8,10,13H,1-2,9,11H2,(H,26,28). The van der Waals surface area contributed by atoms with Crippen LogP contribution in [-0.4, -0.2) is 29.8 Å². The molecule has 0 radical (unpaired) electrons. The molecule has 154 valence electrons. The SMILES string of the molecule is O=C(Nc1ccc(Cl)c(C(F)(F)F)c1)C1CCCN(C(=O)c2ccc(Cl)cc2)C1. The summed E-state index contributed by atoms with van der Waals surface area (Å²) in [5, 5.41) is 2.58. The first-order chi connectivity index (χ1) is 13.6. The van der Waals surface area contributed by atoms with E-state index in [9.17, 15) is 22.8 Å². The van der Waals surface area contributed by atoms with Gasteiger partial charge in [0.15, 0.2) is 0 Å². The molecule has 2 amide bonds. The van der Waals surface area contributed by atoms with Crippen molar-refractivity contribution in [2.24, 2.45) is 5.92 Å². The summed E-state index contributed by atoms with van der Waals surface area (Å²) in [4.78, 5) is 26.8. The predicted octanol–water partition coefficient (Wildman–Crippen LogP) is 5.50. The van der Waals surface area contributed by atoms with E-state index in [1.807, 2.05) is 0 Å². The molecule has 0 aromatic heterocycles. The molecule has 3 rings (SSSR count). The Morgan fingerprint density at radius 2 is 1.76 bits per heavy atom. The van der Waals surface area contributed by atoms with E-state index in [4.69, 9.17) is 23.2 Å². The molecule has 0 aliphatic carbocycles. The molecular formula is C20H17Cl2F3N2O2. The highest BCUT2D eigenvalue weighted by atomic mass is 35.5. The van der Waals surface area contributed by atoms with Crippen molar-refractivity contribution in [1.82, 2.24) is 4.90 Å². The molecule has 1 atom stereocenters. The van der Waals surface area contributed by atoms with Gasteiger partial charge in [0.2, 0.25) is 5.91 Å². The number of amides is 2. The maximum atomic E-state index is 13.0. The van der Waals surface area contributed by atoms with Crippen LogP contribution in [-0.2, 0) is 11.0 Å². The van der Waals surface area contributed by atoms with Gasteiger partial charge in [-0.15, -0.1) is 0 Å². The maximum Gasteiger partial charge on any atom is 0.417 e. The van der Waals surface area contributed by atoms with E-state index in [0.29, 0.717) is 30.0 Å². The minimum absolute atomic E-state index is 0.00729. The van der Waals surface area contributed by atoms with E-state index < -0.39 is 28.6 Å². The normalized spacial score (nSPS) is 17.1. The smallest absolute Gasteiger partial charge is 0.338 e. The van der Waals surface area contributed by atoms with E-state index in [1.165, 1.54) is 6.07 Å². The largest absolute Gasteiger partial charge is 0.417 e. The monoisotopic (exact) mass is 444 g/mol. The molecule has 1 heterocycles. The van der Waals surface area contributed by atoms with Crippen LogP contribution in [0.25, 0.3) is 0 Å². The summed E-state index contributed by atoms with van der Waals surface area (Å²) in [5.74, 6) is -1.18. The summed E-state index contributed by atoms with van der Waals surface area (Å²) in [7, 11) is 0. The van der Waals surface area contributed by atoms with Gasteiger partial charge >= 0.3 is 6.18 Å². The summed E-state index contributed by atoms with van der Waals surface area (Å²) in [5.41, 5.74) is -0.545. The molecule has 2 aromatic rings. The molecular weight excluding hydrogens is 428 g/mol. The Kier molecular flexibility index (Phi) is 6.39. The first kappa shape index (κ1) is 21.5. The molecule has 0 spiro atoms. The summed E-state index contributed by atoms with van der Waals surface area (Å²) < 4.78 is 39.0. The number of alkyl halides is 3. The quantitative estimate of drug-likeness (QED) is 0.678. The van der Waals surface area contributed by atoms with Gasteiger partial charge in [0, 0.05) is 29.4 Å². The minimum atomic E-state index is -4.62. The summed E-state index contributed by atoms with van der Waals surface area (Å²) >= 11 is 11.4. The van der Waals surface area contributed by atoms with E-state index in [1.54, 1.807) is 29.2 Å². The Balaban J connectivity index is 1.68. The van der Waals surface area contributed by atoms with Gasteiger partial charge in [-0.05, 0) is 55.3 Å². The third-order valence-electron chi connectivity index (χ3n) is 4.71. The zero-order valence-corrected chi connectivity index (χ0v) is 16.6. The lowest BCUT2D eigenvalue weighted by atomic mass is 9.96. The highest BCUT2D eigenvalue weighted by Crippen LogP contribution is 2.36. The molecule has 1 aliphatic heterocycles. The Hall–Kier alpha value is -2.25. The van der Waals surface area contributed by atoms with E-state index >= 15 is 0 Å². The van der Waals surface area contributed by atoms with Gasteiger partial charge in [0.1, 0.15) is 0 Å². The molecule has 1 aliphatic rings. The van der Waals surface area contributed by atoms with Gasteiger partial charge < -0.3 is 10.2 Å².